The van der Waals surface area contributed by atoms with Gasteiger partial charge in [0.2, 0.25) is 0 Å². The van der Waals surface area contributed by atoms with E-state index in [0.717, 1.165) is 0 Å². The summed E-state index contributed by atoms with van der Waals surface area (Å²) in [6, 6.07) is 3.80. The molecule has 1 aromatic rings. The number of aromatic carboxylic acids is 2. The first kappa shape index (κ1) is 16.5. The van der Waals surface area contributed by atoms with Gasteiger partial charge in [-0.1, -0.05) is 6.07 Å². The molecule has 62 valence electrons. The van der Waals surface area contributed by atoms with Gasteiger partial charge in [-0.25, -0.2) is 14.6 Å². The Kier molecular flexibility index (Phi) is 8.72. The molecule has 0 spiro atoms. The Labute approximate surface area is 124 Å². The number of carboxylic acids is 2. The third-order valence-corrected chi connectivity index (χ3v) is 1.19. The van der Waals surface area contributed by atoms with Crippen LogP contribution in [0.3, 0.4) is 0 Å². The van der Waals surface area contributed by atoms with Crippen LogP contribution in [0, 0.1) is 0 Å². The van der Waals surface area contributed by atoms with Gasteiger partial charge >= 0.3 is 71.1 Å². The van der Waals surface area contributed by atoms with E-state index in [2.05, 4.69) is 4.98 Å². The first-order valence-corrected chi connectivity index (χ1v) is 3.05. The Morgan fingerprint density at radius 3 is 1.64 bits per heavy atom. The second-order valence-electron chi connectivity index (χ2n) is 2.02. The van der Waals surface area contributed by atoms with Gasteiger partial charge in [-0.15, -0.1) is 0 Å². The Hall–Kier alpha value is 0.0900. The SMILES string of the molecule is O=C(O)c1cccc(C(=O)O)n1.[Na+].[Na+]. The molecule has 0 aliphatic heterocycles. The van der Waals surface area contributed by atoms with Crippen LogP contribution >= 0.6 is 0 Å². The molecule has 0 saturated heterocycles. The molecule has 2 N–H and O–H groups in total. The van der Waals surface area contributed by atoms with E-state index in [0.29, 0.717) is 0 Å². The Morgan fingerprint density at radius 2 is 1.36 bits per heavy atom. The maximum atomic E-state index is 10.3. The number of carboxylic acid groups (broad SMARTS) is 2. The fourth-order valence-corrected chi connectivity index (χ4v) is 0.673. The van der Waals surface area contributed by atoms with Gasteiger partial charge in [-0.2, -0.15) is 0 Å². The summed E-state index contributed by atoms with van der Waals surface area (Å²) in [5, 5.41) is 16.9. The van der Waals surface area contributed by atoms with Crippen molar-refractivity contribution in [3.8, 4) is 0 Å². The molecular formula is C7H5NNa2O4+2. The van der Waals surface area contributed by atoms with E-state index in [1.807, 2.05) is 0 Å². The monoisotopic (exact) mass is 213 g/mol. The normalized spacial score (nSPS) is 8.00. The molecule has 7 heteroatoms. The van der Waals surface area contributed by atoms with Gasteiger partial charge < -0.3 is 10.2 Å². The zero-order chi connectivity index (χ0) is 9.14. The van der Waals surface area contributed by atoms with Gasteiger partial charge in [-0.05, 0) is 12.1 Å². The second kappa shape index (κ2) is 7.39. The molecule has 0 aromatic carbocycles. The van der Waals surface area contributed by atoms with Gasteiger partial charge in [0.05, 0.1) is 0 Å². The Bertz CT molecular complexity index is 313. The third-order valence-electron chi connectivity index (χ3n) is 1.19. The van der Waals surface area contributed by atoms with Crippen molar-refractivity contribution in [2.24, 2.45) is 0 Å². The van der Waals surface area contributed by atoms with E-state index >= 15 is 0 Å². The number of rotatable bonds is 2. The molecule has 0 radical (unpaired) electrons. The molecule has 0 saturated carbocycles. The summed E-state index contributed by atoms with van der Waals surface area (Å²) in [6.07, 6.45) is 0. The smallest absolute Gasteiger partial charge is 0.477 e. The maximum absolute atomic E-state index is 10.3. The third kappa shape index (κ3) is 4.54. The quantitative estimate of drug-likeness (QED) is 0.478. The maximum Gasteiger partial charge on any atom is 1.00 e. The average molecular weight is 213 g/mol. The second-order valence-corrected chi connectivity index (χ2v) is 2.02. The van der Waals surface area contributed by atoms with E-state index in [-0.39, 0.29) is 70.5 Å². The molecular weight excluding hydrogens is 208 g/mol. The van der Waals surface area contributed by atoms with E-state index in [1.165, 1.54) is 18.2 Å². The minimum absolute atomic E-state index is 0. The van der Waals surface area contributed by atoms with Crippen LogP contribution in [0.4, 0.5) is 0 Å². The molecule has 0 amide bonds. The fourth-order valence-electron chi connectivity index (χ4n) is 0.673. The zero-order valence-corrected chi connectivity index (χ0v) is 11.9. The molecule has 1 aromatic heterocycles. The summed E-state index contributed by atoms with van der Waals surface area (Å²) in [4.78, 5) is 24.0. The number of hydrogen-bond donors (Lipinski definition) is 2. The minimum Gasteiger partial charge on any atom is -0.477 e. The molecule has 14 heavy (non-hydrogen) atoms. The molecule has 1 rings (SSSR count). The predicted molar refractivity (Wildman–Crippen MR) is 38.2 cm³/mol. The van der Waals surface area contributed by atoms with Crippen LogP contribution in [-0.4, -0.2) is 27.1 Å². The van der Waals surface area contributed by atoms with Crippen LogP contribution in [0.15, 0.2) is 18.2 Å². The number of pyridine rings is 1. The van der Waals surface area contributed by atoms with Gasteiger partial charge in [-0.3, -0.25) is 0 Å². The Morgan fingerprint density at radius 1 is 1.00 bits per heavy atom. The van der Waals surface area contributed by atoms with E-state index in [4.69, 9.17) is 10.2 Å². The summed E-state index contributed by atoms with van der Waals surface area (Å²) in [6.45, 7) is 0. The zero-order valence-electron chi connectivity index (χ0n) is 7.89. The van der Waals surface area contributed by atoms with Crippen molar-refractivity contribution in [1.82, 2.24) is 4.98 Å². The number of hydrogen-bond acceptors (Lipinski definition) is 3. The van der Waals surface area contributed by atoms with Crippen LogP contribution in [0.25, 0.3) is 0 Å². The molecule has 1 heterocycles. The van der Waals surface area contributed by atoms with Crippen molar-refractivity contribution in [2.75, 3.05) is 0 Å². The number of carbonyl (C=O) groups is 2. The number of aromatic nitrogens is 1. The first-order chi connectivity index (χ1) is 5.61. The molecule has 0 atom stereocenters. The average Bonchev–Trinajstić information content (AvgIpc) is 2.04. The van der Waals surface area contributed by atoms with Gasteiger partial charge in [0.25, 0.3) is 0 Å². The molecule has 0 bridgehead atoms. The van der Waals surface area contributed by atoms with Crippen LogP contribution in [0.1, 0.15) is 21.0 Å². The van der Waals surface area contributed by atoms with Crippen LogP contribution < -0.4 is 59.1 Å². The summed E-state index contributed by atoms with van der Waals surface area (Å²) < 4.78 is 0. The Balaban J connectivity index is 0. The topological polar surface area (TPSA) is 87.5 Å². The molecule has 0 aliphatic carbocycles. The fraction of sp³-hybridized carbons (Fsp3) is 0. The minimum atomic E-state index is -1.24. The summed E-state index contributed by atoms with van der Waals surface area (Å²) in [5.74, 6) is -2.48. The van der Waals surface area contributed by atoms with Gasteiger partial charge in [0.1, 0.15) is 11.4 Å². The van der Waals surface area contributed by atoms with Crippen molar-refractivity contribution in [2.45, 2.75) is 0 Å². The van der Waals surface area contributed by atoms with Crippen molar-refractivity contribution in [3.63, 3.8) is 0 Å². The van der Waals surface area contributed by atoms with Crippen LogP contribution in [0.5, 0.6) is 0 Å². The summed E-state index contributed by atoms with van der Waals surface area (Å²) in [7, 11) is 0. The van der Waals surface area contributed by atoms with Crippen molar-refractivity contribution >= 4 is 11.9 Å². The molecule has 0 fully saturated rings. The van der Waals surface area contributed by atoms with Gasteiger partial charge in [0, 0.05) is 0 Å². The van der Waals surface area contributed by atoms with Crippen molar-refractivity contribution < 1.29 is 78.9 Å². The van der Waals surface area contributed by atoms with Crippen molar-refractivity contribution in [1.29, 1.82) is 0 Å². The molecule has 0 unspecified atom stereocenters. The van der Waals surface area contributed by atoms with Crippen molar-refractivity contribution in [3.05, 3.63) is 29.6 Å². The summed E-state index contributed by atoms with van der Waals surface area (Å²) >= 11 is 0. The largest absolute Gasteiger partial charge is 1.00 e. The number of nitrogens with zero attached hydrogens (tertiary/aromatic N) is 1. The molecule has 0 aliphatic rings. The van der Waals surface area contributed by atoms with E-state index < -0.39 is 11.9 Å². The van der Waals surface area contributed by atoms with Crippen LogP contribution in [-0.2, 0) is 0 Å². The standard InChI is InChI=1S/C7H5NO4.2Na/c9-6(10)4-2-1-3-5(8-4)7(11)12;;/h1-3H,(H,9,10)(H,11,12);;/q;2*+1. The van der Waals surface area contributed by atoms with E-state index in [1.54, 1.807) is 0 Å². The summed E-state index contributed by atoms with van der Waals surface area (Å²) in [5.41, 5.74) is -0.537. The van der Waals surface area contributed by atoms with Gasteiger partial charge in [0.15, 0.2) is 0 Å². The van der Waals surface area contributed by atoms with Crippen LogP contribution in [0.2, 0.25) is 0 Å². The first-order valence-electron chi connectivity index (χ1n) is 3.05. The predicted octanol–water partition coefficient (Wildman–Crippen LogP) is -5.51. The molecule has 5 nitrogen and oxygen atoms in total. The van der Waals surface area contributed by atoms with E-state index in [9.17, 15) is 9.59 Å².